The Labute approximate surface area is 107 Å². The third kappa shape index (κ3) is 4.70. The lowest BCUT2D eigenvalue weighted by molar-refractivity contribution is -0.118. The SMILES string of the molecule is CC(=O)NCC#Cc1cc(Br)cc(C(=O)O)c1. The summed E-state index contributed by atoms with van der Waals surface area (Å²) in [6, 6.07) is 4.70. The first-order valence-corrected chi connectivity index (χ1v) is 5.55. The molecule has 0 heterocycles. The van der Waals surface area contributed by atoms with Crippen LogP contribution in [0.25, 0.3) is 0 Å². The molecule has 88 valence electrons. The average molecular weight is 296 g/mol. The van der Waals surface area contributed by atoms with E-state index < -0.39 is 5.97 Å². The zero-order valence-electron chi connectivity index (χ0n) is 9.08. The van der Waals surface area contributed by atoms with Gasteiger partial charge in [-0.3, -0.25) is 4.79 Å². The van der Waals surface area contributed by atoms with Crippen LogP contribution < -0.4 is 5.32 Å². The van der Waals surface area contributed by atoms with Crippen LogP contribution in [0.2, 0.25) is 0 Å². The monoisotopic (exact) mass is 295 g/mol. The summed E-state index contributed by atoms with van der Waals surface area (Å²) in [6.07, 6.45) is 0. The van der Waals surface area contributed by atoms with E-state index in [1.54, 1.807) is 6.07 Å². The molecule has 2 N–H and O–H groups in total. The van der Waals surface area contributed by atoms with E-state index in [-0.39, 0.29) is 18.0 Å². The van der Waals surface area contributed by atoms with Crippen LogP contribution in [0, 0.1) is 11.8 Å². The first-order chi connectivity index (χ1) is 7.99. The Morgan fingerprint density at radius 2 is 2.12 bits per heavy atom. The van der Waals surface area contributed by atoms with Gasteiger partial charge in [0, 0.05) is 17.0 Å². The first-order valence-electron chi connectivity index (χ1n) is 4.76. The van der Waals surface area contributed by atoms with Crippen molar-refractivity contribution in [2.75, 3.05) is 6.54 Å². The summed E-state index contributed by atoms with van der Waals surface area (Å²) in [5.41, 5.74) is 0.755. The molecule has 0 aliphatic carbocycles. The Kier molecular flexibility index (Phi) is 4.73. The van der Waals surface area contributed by atoms with Crippen LogP contribution in [0.3, 0.4) is 0 Å². The van der Waals surface area contributed by atoms with Crippen molar-refractivity contribution >= 4 is 27.8 Å². The molecule has 5 heteroatoms. The summed E-state index contributed by atoms with van der Waals surface area (Å²) in [5, 5.41) is 11.4. The van der Waals surface area contributed by atoms with Gasteiger partial charge in [-0.25, -0.2) is 4.79 Å². The van der Waals surface area contributed by atoms with Gasteiger partial charge in [-0.15, -0.1) is 0 Å². The van der Waals surface area contributed by atoms with Gasteiger partial charge in [0.1, 0.15) is 0 Å². The third-order valence-corrected chi connectivity index (χ3v) is 2.26. The molecule has 1 aromatic carbocycles. The van der Waals surface area contributed by atoms with Crippen molar-refractivity contribution in [2.45, 2.75) is 6.92 Å². The van der Waals surface area contributed by atoms with Crippen molar-refractivity contribution in [3.05, 3.63) is 33.8 Å². The van der Waals surface area contributed by atoms with E-state index in [9.17, 15) is 9.59 Å². The quantitative estimate of drug-likeness (QED) is 0.815. The molecule has 1 rings (SSSR count). The second kappa shape index (κ2) is 6.06. The van der Waals surface area contributed by atoms with Crippen molar-refractivity contribution in [3.8, 4) is 11.8 Å². The molecule has 17 heavy (non-hydrogen) atoms. The molecule has 1 amide bonds. The average Bonchev–Trinajstić information content (AvgIpc) is 2.23. The van der Waals surface area contributed by atoms with E-state index in [1.165, 1.54) is 19.1 Å². The number of hydrogen-bond donors (Lipinski definition) is 2. The molecule has 0 unspecified atom stereocenters. The van der Waals surface area contributed by atoms with Crippen LogP contribution in [-0.4, -0.2) is 23.5 Å². The molecule has 0 fully saturated rings. The van der Waals surface area contributed by atoms with E-state index in [4.69, 9.17) is 5.11 Å². The fourth-order valence-electron chi connectivity index (χ4n) is 1.10. The van der Waals surface area contributed by atoms with E-state index in [2.05, 4.69) is 33.1 Å². The summed E-state index contributed by atoms with van der Waals surface area (Å²) in [5.74, 6) is 4.35. The lowest BCUT2D eigenvalue weighted by Gasteiger charge is -1.98. The fraction of sp³-hybridized carbons (Fsp3) is 0.167. The smallest absolute Gasteiger partial charge is 0.335 e. The molecule has 0 aliphatic heterocycles. The highest BCUT2D eigenvalue weighted by Crippen LogP contribution is 2.15. The fourth-order valence-corrected chi connectivity index (χ4v) is 1.59. The van der Waals surface area contributed by atoms with Crippen LogP contribution in [0.15, 0.2) is 22.7 Å². The van der Waals surface area contributed by atoms with Gasteiger partial charge in [0.2, 0.25) is 5.91 Å². The largest absolute Gasteiger partial charge is 0.478 e. The summed E-state index contributed by atoms with van der Waals surface area (Å²) in [4.78, 5) is 21.4. The van der Waals surface area contributed by atoms with Gasteiger partial charge in [-0.05, 0) is 18.2 Å². The van der Waals surface area contributed by atoms with Gasteiger partial charge in [0.05, 0.1) is 12.1 Å². The molecular formula is C12H10BrNO3. The minimum atomic E-state index is -1.00. The maximum Gasteiger partial charge on any atom is 0.335 e. The van der Waals surface area contributed by atoms with Crippen molar-refractivity contribution in [1.82, 2.24) is 5.32 Å². The molecule has 1 aromatic rings. The Balaban J connectivity index is 2.84. The zero-order valence-corrected chi connectivity index (χ0v) is 10.7. The zero-order chi connectivity index (χ0) is 12.8. The predicted molar refractivity (Wildman–Crippen MR) is 66.7 cm³/mol. The van der Waals surface area contributed by atoms with Crippen LogP contribution in [0.4, 0.5) is 0 Å². The number of benzene rings is 1. The van der Waals surface area contributed by atoms with Crippen LogP contribution in [0.5, 0.6) is 0 Å². The molecule has 0 radical (unpaired) electrons. The Morgan fingerprint density at radius 3 is 2.71 bits per heavy atom. The molecule has 0 bridgehead atoms. The number of carboxylic acid groups (broad SMARTS) is 1. The number of hydrogen-bond acceptors (Lipinski definition) is 2. The molecule has 0 atom stereocenters. The summed E-state index contributed by atoms with van der Waals surface area (Å²) in [7, 11) is 0. The first kappa shape index (κ1) is 13.3. The molecule has 0 aliphatic rings. The number of carbonyl (C=O) groups excluding carboxylic acids is 1. The maximum absolute atomic E-state index is 10.8. The van der Waals surface area contributed by atoms with Crippen LogP contribution in [-0.2, 0) is 4.79 Å². The third-order valence-electron chi connectivity index (χ3n) is 1.80. The normalized spacial score (nSPS) is 9.06. The second-order valence-electron chi connectivity index (χ2n) is 3.25. The lowest BCUT2D eigenvalue weighted by Crippen LogP contribution is -2.19. The summed E-state index contributed by atoms with van der Waals surface area (Å²) >= 11 is 3.21. The van der Waals surface area contributed by atoms with E-state index in [1.807, 2.05) is 0 Å². The predicted octanol–water partition coefficient (Wildman–Crippen LogP) is 1.63. The van der Waals surface area contributed by atoms with Gasteiger partial charge >= 0.3 is 5.97 Å². The van der Waals surface area contributed by atoms with Gasteiger partial charge in [0.25, 0.3) is 0 Å². The van der Waals surface area contributed by atoms with E-state index >= 15 is 0 Å². The minimum absolute atomic E-state index is 0.153. The van der Waals surface area contributed by atoms with Crippen molar-refractivity contribution in [1.29, 1.82) is 0 Å². The minimum Gasteiger partial charge on any atom is -0.478 e. The van der Waals surface area contributed by atoms with Crippen molar-refractivity contribution < 1.29 is 14.7 Å². The summed E-state index contributed by atoms with van der Waals surface area (Å²) < 4.78 is 0.654. The number of halogens is 1. The number of nitrogens with one attached hydrogen (secondary N) is 1. The van der Waals surface area contributed by atoms with Gasteiger partial charge in [-0.2, -0.15) is 0 Å². The van der Waals surface area contributed by atoms with Crippen molar-refractivity contribution in [2.24, 2.45) is 0 Å². The molecule has 0 saturated heterocycles. The Bertz CT molecular complexity index is 514. The van der Waals surface area contributed by atoms with Gasteiger partial charge < -0.3 is 10.4 Å². The Hall–Kier alpha value is -1.80. The van der Waals surface area contributed by atoms with E-state index in [0.717, 1.165) is 0 Å². The molecule has 0 aromatic heterocycles. The Morgan fingerprint density at radius 1 is 1.41 bits per heavy atom. The van der Waals surface area contributed by atoms with Crippen LogP contribution in [0.1, 0.15) is 22.8 Å². The number of carbonyl (C=O) groups is 2. The lowest BCUT2D eigenvalue weighted by atomic mass is 10.1. The van der Waals surface area contributed by atoms with Crippen LogP contribution >= 0.6 is 15.9 Å². The van der Waals surface area contributed by atoms with Gasteiger partial charge in [-0.1, -0.05) is 27.8 Å². The molecule has 0 saturated carbocycles. The maximum atomic E-state index is 10.8. The number of rotatable bonds is 2. The number of carboxylic acids is 1. The summed E-state index contributed by atoms with van der Waals surface area (Å²) in [6.45, 7) is 1.65. The number of aromatic carboxylic acids is 1. The number of amides is 1. The molecule has 0 spiro atoms. The topological polar surface area (TPSA) is 66.4 Å². The highest BCUT2D eigenvalue weighted by Gasteiger charge is 2.04. The van der Waals surface area contributed by atoms with E-state index in [0.29, 0.717) is 10.0 Å². The standard InChI is InChI=1S/C12H10BrNO3/c1-8(15)14-4-2-3-9-5-10(12(16)17)7-11(13)6-9/h5-7H,4H2,1H3,(H,14,15)(H,16,17). The second-order valence-corrected chi connectivity index (χ2v) is 4.16. The van der Waals surface area contributed by atoms with Crippen molar-refractivity contribution in [3.63, 3.8) is 0 Å². The molecule has 4 nitrogen and oxygen atoms in total. The van der Waals surface area contributed by atoms with Gasteiger partial charge in [0.15, 0.2) is 0 Å². The molecular weight excluding hydrogens is 286 g/mol. The highest BCUT2D eigenvalue weighted by atomic mass is 79.9. The highest BCUT2D eigenvalue weighted by molar-refractivity contribution is 9.10.